The van der Waals surface area contributed by atoms with Gasteiger partial charge in [-0.3, -0.25) is 4.79 Å². The lowest BCUT2D eigenvalue weighted by molar-refractivity contribution is -0.117. The van der Waals surface area contributed by atoms with Crippen molar-refractivity contribution >= 4 is 23.1 Å². The average Bonchev–Trinajstić information content (AvgIpc) is 3.38. The van der Waals surface area contributed by atoms with Crippen LogP contribution in [0, 0.1) is 11.6 Å². The van der Waals surface area contributed by atoms with Crippen LogP contribution in [0.5, 0.6) is 0 Å². The Balaban J connectivity index is 1.44. The molecule has 2 aromatic carbocycles. The molecule has 5 rings (SSSR count). The fraction of sp³-hybridized carbons (Fsp3) is 0.346. The molecule has 0 bridgehead atoms. The first-order valence-electron chi connectivity index (χ1n) is 11.9. The Morgan fingerprint density at radius 2 is 1.97 bits per heavy atom. The van der Waals surface area contributed by atoms with Gasteiger partial charge < -0.3 is 14.3 Å². The van der Waals surface area contributed by atoms with E-state index in [0.29, 0.717) is 65.2 Å². The Hall–Kier alpha value is -3.95. The number of aryl methyl sites for hydroxylation is 1. The maximum atomic E-state index is 14.8. The van der Waals surface area contributed by atoms with Crippen LogP contribution in [0.15, 0.2) is 41.2 Å². The number of fused-ring (bicyclic) bond motifs is 1. The first kappa shape index (κ1) is 23.8. The molecule has 1 saturated heterocycles. The van der Waals surface area contributed by atoms with Gasteiger partial charge in [0.2, 0.25) is 12.3 Å². The molecule has 36 heavy (non-hydrogen) atoms. The van der Waals surface area contributed by atoms with E-state index in [2.05, 4.69) is 25.0 Å². The lowest BCUT2D eigenvalue weighted by Gasteiger charge is -2.32. The van der Waals surface area contributed by atoms with Gasteiger partial charge in [-0.05, 0) is 36.6 Å². The van der Waals surface area contributed by atoms with Crippen molar-refractivity contribution in [1.29, 1.82) is 0 Å². The molecule has 0 atom stereocenters. The first-order chi connectivity index (χ1) is 17.5. The minimum Gasteiger partial charge on any atom is -0.356 e. The maximum absolute atomic E-state index is 14.8. The second-order valence-corrected chi connectivity index (χ2v) is 9.03. The van der Waals surface area contributed by atoms with Gasteiger partial charge in [-0.15, -0.1) is 0 Å². The third-order valence-corrected chi connectivity index (χ3v) is 6.59. The van der Waals surface area contributed by atoms with E-state index in [4.69, 9.17) is 4.52 Å². The summed E-state index contributed by atoms with van der Waals surface area (Å²) in [6, 6.07) is 7.46. The molecule has 1 fully saturated rings. The molecule has 186 valence electrons. The molecule has 1 aliphatic heterocycles. The van der Waals surface area contributed by atoms with E-state index in [-0.39, 0.29) is 12.5 Å². The van der Waals surface area contributed by atoms with Crippen LogP contribution in [0.1, 0.15) is 43.0 Å². The minimum absolute atomic E-state index is 0.144. The molecule has 1 amide bonds. The monoisotopic (exact) mass is 492 g/mol. The van der Waals surface area contributed by atoms with E-state index in [1.54, 1.807) is 19.2 Å². The van der Waals surface area contributed by atoms with Crippen molar-refractivity contribution in [2.75, 3.05) is 25.0 Å². The topological polar surface area (TPSA) is 88.3 Å². The van der Waals surface area contributed by atoms with Crippen LogP contribution in [0.2, 0.25) is 0 Å². The third-order valence-electron chi connectivity index (χ3n) is 6.59. The van der Waals surface area contributed by atoms with E-state index < -0.39 is 11.6 Å². The van der Waals surface area contributed by atoms with Gasteiger partial charge in [0.05, 0.1) is 5.52 Å². The van der Waals surface area contributed by atoms with Gasteiger partial charge in [0, 0.05) is 55.5 Å². The normalized spacial score (nSPS) is 14.4. The molecule has 0 N–H and O–H groups in total. The molecule has 0 radical (unpaired) electrons. The van der Waals surface area contributed by atoms with Gasteiger partial charge in [0.15, 0.2) is 5.82 Å². The zero-order valence-electron chi connectivity index (χ0n) is 20.1. The van der Waals surface area contributed by atoms with Crippen LogP contribution in [0.25, 0.3) is 22.0 Å². The fourth-order valence-corrected chi connectivity index (χ4v) is 4.67. The molecule has 8 nitrogen and oxygen atoms in total. The molecule has 0 aliphatic carbocycles. The Morgan fingerprint density at radius 1 is 1.17 bits per heavy atom. The molecule has 1 aliphatic rings. The van der Waals surface area contributed by atoms with Gasteiger partial charge in [-0.1, -0.05) is 24.2 Å². The number of anilines is 1. The van der Waals surface area contributed by atoms with Crippen LogP contribution in [-0.4, -0.2) is 51.6 Å². The summed E-state index contributed by atoms with van der Waals surface area (Å²) in [6.45, 7) is 3.52. The predicted octanol–water partition coefficient (Wildman–Crippen LogP) is 4.49. The molecule has 2 aromatic heterocycles. The smallest absolute Gasteiger partial charge is 0.226 e. The highest BCUT2D eigenvalue weighted by molar-refractivity contribution is 5.99. The standard InChI is InChI=1S/C26H26F2N6O2/c1-3-23-31-25(32-36-23)16-6-8-34(9-7-16)26-21-12-19(27)11-20(24(21)29-14-30-26)17-4-5-18(22(28)10-17)13-33(2)15-35/h4-5,10-12,14-16H,3,6-9,13H2,1-2H3. The van der Waals surface area contributed by atoms with Crippen LogP contribution in [-0.2, 0) is 17.8 Å². The largest absolute Gasteiger partial charge is 0.356 e. The summed E-state index contributed by atoms with van der Waals surface area (Å²) in [6.07, 6.45) is 4.44. The summed E-state index contributed by atoms with van der Waals surface area (Å²) in [7, 11) is 1.58. The van der Waals surface area contributed by atoms with E-state index in [9.17, 15) is 13.6 Å². The van der Waals surface area contributed by atoms with Crippen molar-refractivity contribution in [3.63, 3.8) is 0 Å². The highest BCUT2D eigenvalue weighted by atomic mass is 19.1. The SMILES string of the molecule is CCc1nc(C2CCN(c3ncnc4c(-c5ccc(CN(C)C=O)c(F)c5)cc(F)cc34)CC2)no1. The van der Waals surface area contributed by atoms with Crippen molar-refractivity contribution in [2.45, 2.75) is 38.6 Å². The third kappa shape index (κ3) is 4.62. The van der Waals surface area contributed by atoms with Crippen LogP contribution >= 0.6 is 0 Å². The van der Waals surface area contributed by atoms with Crippen LogP contribution in [0.3, 0.4) is 0 Å². The van der Waals surface area contributed by atoms with Gasteiger partial charge in [-0.2, -0.15) is 4.98 Å². The highest BCUT2D eigenvalue weighted by Gasteiger charge is 2.26. The Bertz CT molecular complexity index is 1400. The van der Waals surface area contributed by atoms with Gasteiger partial charge in [0.1, 0.15) is 23.8 Å². The lowest BCUT2D eigenvalue weighted by Crippen LogP contribution is -2.34. The molecule has 0 saturated carbocycles. The lowest BCUT2D eigenvalue weighted by atomic mass is 9.95. The van der Waals surface area contributed by atoms with Crippen LogP contribution in [0.4, 0.5) is 14.6 Å². The minimum atomic E-state index is -0.470. The zero-order valence-corrected chi connectivity index (χ0v) is 20.1. The summed E-state index contributed by atoms with van der Waals surface area (Å²) in [4.78, 5) is 27.7. The van der Waals surface area contributed by atoms with Crippen molar-refractivity contribution < 1.29 is 18.1 Å². The number of carbonyl (C=O) groups excluding carboxylic acids is 1. The second-order valence-electron chi connectivity index (χ2n) is 9.03. The summed E-state index contributed by atoms with van der Waals surface area (Å²) in [5.41, 5.74) is 1.91. The van der Waals surface area contributed by atoms with Gasteiger partial charge in [0.25, 0.3) is 0 Å². The van der Waals surface area contributed by atoms with Crippen LogP contribution < -0.4 is 4.90 Å². The number of benzene rings is 2. The van der Waals surface area contributed by atoms with Gasteiger partial charge in [-0.25, -0.2) is 18.7 Å². The molecule has 10 heteroatoms. The number of hydrogen-bond donors (Lipinski definition) is 0. The number of piperidine rings is 1. The number of hydrogen-bond acceptors (Lipinski definition) is 7. The predicted molar refractivity (Wildman–Crippen MR) is 130 cm³/mol. The summed E-state index contributed by atoms with van der Waals surface area (Å²) < 4.78 is 34.9. The molecule has 0 spiro atoms. The molecule has 3 heterocycles. The summed E-state index contributed by atoms with van der Waals surface area (Å²) in [5.74, 6) is 1.29. The Morgan fingerprint density at radius 3 is 2.67 bits per heavy atom. The van der Waals surface area contributed by atoms with Crippen molar-refractivity contribution in [1.82, 2.24) is 25.0 Å². The van der Waals surface area contributed by atoms with Crippen molar-refractivity contribution in [3.05, 3.63) is 65.6 Å². The average molecular weight is 493 g/mol. The van der Waals surface area contributed by atoms with Gasteiger partial charge >= 0.3 is 0 Å². The number of nitrogens with zero attached hydrogens (tertiary/aromatic N) is 6. The summed E-state index contributed by atoms with van der Waals surface area (Å²) >= 11 is 0. The van der Waals surface area contributed by atoms with Crippen molar-refractivity contribution in [3.8, 4) is 11.1 Å². The first-order valence-corrected chi connectivity index (χ1v) is 11.9. The molecular weight excluding hydrogens is 466 g/mol. The maximum Gasteiger partial charge on any atom is 0.226 e. The number of rotatable bonds is 7. The number of aromatic nitrogens is 4. The zero-order chi connectivity index (χ0) is 25.2. The van der Waals surface area contributed by atoms with E-state index in [1.807, 2.05) is 6.92 Å². The fourth-order valence-electron chi connectivity index (χ4n) is 4.67. The van der Waals surface area contributed by atoms with E-state index in [1.165, 1.54) is 29.4 Å². The van der Waals surface area contributed by atoms with E-state index in [0.717, 1.165) is 18.7 Å². The highest BCUT2D eigenvalue weighted by Crippen LogP contribution is 2.35. The number of halogens is 2. The second kappa shape index (κ2) is 9.96. The molecule has 4 aromatic rings. The Kier molecular flexibility index (Phi) is 6.58. The van der Waals surface area contributed by atoms with E-state index >= 15 is 0 Å². The molecular formula is C26H26F2N6O2. The number of carbonyl (C=O) groups is 1. The number of amides is 1. The molecule has 0 unspecified atom stereocenters. The Labute approximate surface area is 207 Å². The quantitative estimate of drug-likeness (QED) is 0.351. The summed E-state index contributed by atoms with van der Waals surface area (Å²) in [5, 5.41) is 4.69. The van der Waals surface area contributed by atoms with Crippen molar-refractivity contribution in [2.24, 2.45) is 0 Å².